The number of ether oxygens (including phenoxy) is 1. The summed E-state index contributed by atoms with van der Waals surface area (Å²) in [5.41, 5.74) is 0.730. The molecule has 0 saturated heterocycles. The zero-order valence-corrected chi connectivity index (χ0v) is 14.0. The molecule has 1 aromatic carbocycles. The molecule has 0 spiro atoms. The van der Waals surface area contributed by atoms with Gasteiger partial charge in [-0.1, -0.05) is 29.4 Å². The molecule has 0 bridgehead atoms. The van der Waals surface area contributed by atoms with Crippen molar-refractivity contribution in [2.24, 2.45) is 0 Å². The van der Waals surface area contributed by atoms with Gasteiger partial charge in [-0.05, 0) is 32.8 Å². The Bertz CT molecular complexity index is 719. The summed E-state index contributed by atoms with van der Waals surface area (Å²) >= 11 is 0. The number of hydrogen-bond acceptors (Lipinski definition) is 5. The SMILES string of the molecule is CC(C)(C)OC(=O)NCCc1ccc(-c2noc(C(F)(F)F)n2)cc1. The fourth-order valence-corrected chi connectivity index (χ4v) is 1.90. The van der Waals surface area contributed by atoms with Gasteiger partial charge in [0.15, 0.2) is 0 Å². The first kappa shape index (κ1) is 18.8. The molecule has 0 atom stereocenters. The van der Waals surface area contributed by atoms with Gasteiger partial charge in [0.25, 0.3) is 0 Å². The van der Waals surface area contributed by atoms with Crippen molar-refractivity contribution in [2.45, 2.75) is 39.0 Å². The number of nitrogens with zero attached hydrogens (tertiary/aromatic N) is 2. The molecule has 1 aromatic heterocycles. The Morgan fingerprint density at radius 3 is 2.36 bits per heavy atom. The molecule has 25 heavy (non-hydrogen) atoms. The van der Waals surface area contributed by atoms with Crippen molar-refractivity contribution in [1.29, 1.82) is 0 Å². The van der Waals surface area contributed by atoms with E-state index < -0.39 is 23.8 Å². The van der Waals surface area contributed by atoms with Gasteiger partial charge >= 0.3 is 18.2 Å². The minimum Gasteiger partial charge on any atom is -0.444 e. The van der Waals surface area contributed by atoms with E-state index in [1.165, 1.54) is 0 Å². The molecular weight excluding hydrogens is 339 g/mol. The van der Waals surface area contributed by atoms with Gasteiger partial charge in [0.2, 0.25) is 5.82 Å². The van der Waals surface area contributed by atoms with Crippen LogP contribution >= 0.6 is 0 Å². The molecule has 1 N–H and O–H groups in total. The number of halogens is 3. The number of benzene rings is 1. The molecule has 0 unspecified atom stereocenters. The highest BCUT2D eigenvalue weighted by molar-refractivity contribution is 5.67. The Hall–Kier alpha value is -2.58. The van der Waals surface area contributed by atoms with Crippen LogP contribution in [0.5, 0.6) is 0 Å². The third-order valence-corrected chi connectivity index (χ3v) is 2.96. The molecule has 9 heteroatoms. The molecule has 2 aromatic rings. The number of carbonyl (C=O) groups is 1. The van der Waals surface area contributed by atoms with Crippen LogP contribution in [0.15, 0.2) is 28.8 Å². The highest BCUT2D eigenvalue weighted by Crippen LogP contribution is 2.29. The van der Waals surface area contributed by atoms with E-state index >= 15 is 0 Å². The van der Waals surface area contributed by atoms with Gasteiger partial charge in [-0.3, -0.25) is 0 Å². The third-order valence-electron chi connectivity index (χ3n) is 2.96. The molecular formula is C16H18F3N3O3. The zero-order valence-electron chi connectivity index (χ0n) is 14.0. The minimum absolute atomic E-state index is 0.134. The maximum absolute atomic E-state index is 12.4. The van der Waals surface area contributed by atoms with Crippen molar-refractivity contribution in [3.8, 4) is 11.4 Å². The summed E-state index contributed by atoms with van der Waals surface area (Å²) in [5, 5.41) is 5.95. The monoisotopic (exact) mass is 357 g/mol. The van der Waals surface area contributed by atoms with E-state index in [9.17, 15) is 18.0 Å². The molecule has 136 valence electrons. The van der Waals surface area contributed by atoms with Crippen LogP contribution in [0.25, 0.3) is 11.4 Å². The summed E-state index contributed by atoms with van der Waals surface area (Å²) in [7, 11) is 0. The van der Waals surface area contributed by atoms with Crippen molar-refractivity contribution in [3.05, 3.63) is 35.7 Å². The lowest BCUT2D eigenvalue weighted by Gasteiger charge is -2.19. The molecule has 0 fully saturated rings. The van der Waals surface area contributed by atoms with Crippen LogP contribution in [0.3, 0.4) is 0 Å². The van der Waals surface area contributed by atoms with Crippen LogP contribution in [-0.2, 0) is 17.3 Å². The second-order valence-corrected chi connectivity index (χ2v) is 6.30. The lowest BCUT2D eigenvalue weighted by molar-refractivity contribution is -0.159. The summed E-state index contributed by atoms with van der Waals surface area (Å²) in [5.74, 6) is -1.51. The quantitative estimate of drug-likeness (QED) is 0.900. The fourth-order valence-electron chi connectivity index (χ4n) is 1.90. The standard InChI is InChI=1S/C16H18F3N3O3/c1-15(2,3)24-14(23)20-9-8-10-4-6-11(7-5-10)12-21-13(25-22-12)16(17,18)19/h4-7H,8-9H2,1-3H3,(H,20,23). The summed E-state index contributed by atoms with van der Waals surface area (Å²) in [6.07, 6.45) is -4.63. The number of carbonyl (C=O) groups excluding carboxylic acids is 1. The third kappa shape index (κ3) is 5.77. The Labute approximate surface area is 142 Å². The highest BCUT2D eigenvalue weighted by atomic mass is 19.4. The maximum Gasteiger partial charge on any atom is 0.471 e. The zero-order chi connectivity index (χ0) is 18.7. The summed E-state index contributed by atoms with van der Waals surface area (Å²) < 4.78 is 46.7. The Balaban J connectivity index is 1.90. The van der Waals surface area contributed by atoms with E-state index in [4.69, 9.17) is 4.74 Å². The number of hydrogen-bond donors (Lipinski definition) is 1. The number of alkyl halides is 3. The molecule has 1 amide bonds. The Morgan fingerprint density at radius 1 is 1.20 bits per heavy atom. The van der Waals surface area contributed by atoms with E-state index in [2.05, 4.69) is 20.0 Å². The van der Waals surface area contributed by atoms with E-state index in [-0.39, 0.29) is 5.82 Å². The number of alkyl carbamates (subject to hydrolysis) is 1. The minimum atomic E-state index is -4.67. The van der Waals surface area contributed by atoms with Gasteiger partial charge in [-0.15, -0.1) is 0 Å². The predicted octanol–water partition coefficient (Wildman–Crippen LogP) is 3.82. The van der Waals surface area contributed by atoms with Crippen LogP contribution in [0.2, 0.25) is 0 Å². The maximum atomic E-state index is 12.4. The van der Waals surface area contributed by atoms with E-state index in [0.29, 0.717) is 18.5 Å². The van der Waals surface area contributed by atoms with Gasteiger partial charge in [-0.25, -0.2) is 4.79 Å². The van der Waals surface area contributed by atoms with Gasteiger partial charge in [-0.2, -0.15) is 18.2 Å². The van der Waals surface area contributed by atoms with E-state index in [1.807, 2.05) is 0 Å². The first-order chi connectivity index (χ1) is 11.5. The lowest BCUT2D eigenvalue weighted by atomic mass is 10.1. The molecule has 2 rings (SSSR count). The number of amides is 1. The van der Waals surface area contributed by atoms with Crippen molar-refractivity contribution in [2.75, 3.05) is 6.54 Å². The first-order valence-corrected chi connectivity index (χ1v) is 7.52. The molecule has 0 aliphatic heterocycles. The van der Waals surface area contributed by atoms with Crippen LogP contribution in [0, 0.1) is 0 Å². The van der Waals surface area contributed by atoms with Gasteiger partial charge in [0.1, 0.15) is 5.60 Å². The molecule has 0 aliphatic carbocycles. The predicted molar refractivity (Wildman–Crippen MR) is 82.7 cm³/mol. The smallest absolute Gasteiger partial charge is 0.444 e. The lowest BCUT2D eigenvalue weighted by Crippen LogP contribution is -2.33. The van der Waals surface area contributed by atoms with E-state index in [1.54, 1.807) is 45.0 Å². The van der Waals surface area contributed by atoms with Crippen molar-refractivity contribution in [1.82, 2.24) is 15.5 Å². The Kier molecular flexibility index (Phi) is 5.34. The first-order valence-electron chi connectivity index (χ1n) is 7.52. The largest absolute Gasteiger partial charge is 0.471 e. The fraction of sp³-hybridized carbons (Fsp3) is 0.438. The average Bonchev–Trinajstić information content (AvgIpc) is 2.96. The summed E-state index contributed by atoms with van der Waals surface area (Å²) in [4.78, 5) is 14.8. The molecule has 0 saturated carbocycles. The second-order valence-electron chi connectivity index (χ2n) is 6.30. The van der Waals surface area contributed by atoms with E-state index in [0.717, 1.165) is 5.56 Å². The average molecular weight is 357 g/mol. The van der Waals surface area contributed by atoms with Gasteiger partial charge in [0.05, 0.1) is 0 Å². The Morgan fingerprint density at radius 2 is 1.84 bits per heavy atom. The number of rotatable bonds is 4. The van der Waals surface area contributed by atoms with Gasteiger partial charge in [0, 0.05) is 12.1 Å². The molecule has 6 nitrogen and oxygen atoms in total. The van der Waals surface area contributed by atoms with Crippen LogP contribution in [-0.4, -0.2) is 28.4 Å². The second kappa shape index (κ2) is 7.12. The highest BCUT2D eigenvalue weighted by Gasteiger charge is 2.38. The topological polar surface area (TPSA) is 77.2 Å². The normalized spacial score (nSPS) is 12.1. The number of nitrogens with one attached hydrogen (secondary N) is 1. The van der Waals surface area contributed by atoms with Crippen LogP contribution < -0.4 is 5.32 Å². The molecule has 1 heterocycles. The summed E-state index contributed by atoms with van der Waals surface area (Å²) in [6, 6.07) is 6.62. The van der Waals surface area contributed by atoms with Crippen LogP contribution in [0.1, 0.15) is 32.2 Å². The van der Waals surface area contributed by atoms with Crippen molar-refractivity contribution >= 4 is 6.09 Å². The molecule has 0 aliphatic rings. The van der Waals surface area contributed by atoms with Crippen LogP contribution in [0.4, 0.5) is 18.0 Å². The summed E-state index contributed by atoms with van der Waals surface area (Å²) in [6.45, 7) is 5.68. The van der Waals surface area contributed by atoms with Crippen molar-refractivity contribution in [3.63, 3.8) is 0 Å². The number of aromatic nitrogens is 2. The van der Waals surface area contributed by atoms with Crippen molar-refractivity contribution < 1.29 is 27.2 Å². The molecule has 0 radical (unpaired) electrons. The van der Waals surface area contributed by atoms with Gasteiger partial charge < -0.3 is 14.6 Å².